The Labute approximate surface area is 210 Å². The Morgan fingerprint density at radius 3 is 2.31 bits per heavy atom. The number of Topliss-reactive ketones (excluding diaryl/α,β-unsaturated/α-hetero) is 1. The molecule has 1 atom stereocenters. The molecule has 4 rings (SSSR count). The van der Waals surface area contributed by atoms with Crippen LogP contribution >= 0.6 is 0 Å². The summed E-state index contributed by atoms with van der Waals surface area (Å²) in [6.07, 6.45) is -0.0560. The van der Waals surface area contributed by atoms with Crippen LogP contribution in [0, 0.1) is 0 Å². The summed E-state index contributed by atoms with van der Waals surface area (Å²) in [7, 11) is 3.07. The van der Waals surface area contributed by atoms with Gasteiger partial charge >= 0.3 is 0 Å². The van der Waals surface area contributed by atoms with Crippen molar-refractivity contribution in [3.8, 4) is 17.2 Å². The van der Waals surface area contributed by atoms with Crippen LogP contribution in [-0.2, 0) is 16.1 Å². The average Bonchev–Trinajstić information content (AvgIpc) is 3.13. The normalized spacial score (nSPS) is 16.9. The highest BCUT2D eigenvalue weighted by molar-refractivity contribution is 6.46. The van der Waals surface area contributed by atoms with Gasteiger partial charge < -0.3 is 24.2 Å². The van der Waals surface area contributed by atoms with Gasteiger partial charge in [-0.2, -0.15) is 0 Å². The molecule has 1 unspecified atom stereocenters. The van der Waals surface area contributed by atoms with Crippen molar-refractivity contribution in [1.29, 1.82) is 0 Å². The maximum Gasteiger partial charge on any atom is 0.295 e. The number of carbonyl (C=O) groups is 2. The Balaban J connectivity index is 1.86. The number of aliphatic hydroxyl groups excluding tert-OH is 1. The maximum atomic E-state index is 13.4. The molecule has 7 heteroatoms. The van der Waals surface area contributed by atoms with Crippen molar-refractivity contribution in [2.24, 2.45) is 0 Å². The second kappa shape index (κ2) is 10.6. The lowest BCUT2D eigenvalue weighted by Gasteiger charge is -2.26. The topological polar surface area (TPSA) is 85.3 Å². The number of rotatable bonds is 8. The number of carbonyl (C=O) groups excluding carboxylic acids is 2. The van der Waals surface area contributed by atoms with Crippen LogP contribution in [0.15, 0.2) is 78.4 Å². The third-order valence-electron chi connectivity index (χ3n) is 5.96. The van der Waals surface area contributed by atoms with E-state index in [1.807, 2.05) is 44.2 Å². The van der Waals surface area contributed by atoms with Crippen molar-refractivity contribution in [3.63, 3.8) is 0 Å². The number of benzene rings is 3. The van der Waals surface area contributed by atoms with Crippen molar-refractivity contribution in [1.82, 2.24) is 4.90 Å². The summed E-state index contributed by atoms with van der Waals surface area (Å²) < 4.78 is 16.5. The molecule has 3 aromatic carbocycles. The zero-order chi connectivity index (χ0) is 25.8. The Morgan fingerprint density at radius 1 is 0.917 bits per heavy atom. The molecule has 0 saturated carbocycles. The predicted octanol–water partition coefficient (Wildman–Crippen LogP) is 5.11. The van der Waals surface area contributed by atoms with Gasteiger partial charge in [-0.05, 0) is 61.4 Å². The molecular weight excluding hydrogens is 458 g/mol. The van der Waals surface area contributed by atoms with Crippen LogP contribution < -0.4 is 14.2 Å². The third kappa shape index (κ3) is 4.91. The lowest BCUT2D eigenvalue weighted by Crippen LogP contribution is -2.29. The average molecular weight is 488 g/mol. The van der Waals surface area contributed by atoms with E-state index >= 15 is 0 Å². The van der Waals surface area contributed by atoms with Crippen LogP contribution in [0.1, 0.15) is 36.6 Å². The van der Waals surface area contributed by atoms with E-state index in [-0.39, 0.29) is 24.0 Å². The molecule has 36 heavy (non-hydrogen) atoms. The second-order valence-corrected chi connectivity index (χ2v) is 8.71. The molecule has 1 amide bonds. The van der Waals surface area contributed by atoms with E-state index < -0.39 is 17.7 Å². The lowest BCUT2D eigenvalue weighted by atomic mass is 9.94. The summed E-state index contributed by atoms with van der Waals surface area (Å²) >= 11 is 0. The van der Waals surface area contributed by atoms with Gasteiger partial charge in [-0.15, -0.1) is 0 Å². The predicted molar refractivity (Wildman–Crippen MR) is 136 cm³/mol. The molecule has 1 heterocycles. The van der Waals surface area contributed by atoms with Crippen LogP contribution in [0.3, 0.4) is 0 Å². The molecule has 0 bridgehead atoms. The van der Waals surface area contributed by atoms with Gasteiger partial charge in [0.25, 0.3) is 11.7 Å². The number of ketones is 1. The molecule has 1 fully saturated rings. The summed E-state index contributed by atoms with van der Waals surface area (Å²) in [5.41, 5.74) is 1.80. The molecule has 1 N–H and O–H groups in total. The van der Waals surface area contributed by atoms with E-state index in [0.717, 1.165) is 5.56 Å². The number of hydrogen-bond donors (Lipinski definition) is 1. The second-order valence-electron chi connectivity index (χ2n) is 8.71. The van der Waals surface area contributed by atoms with Crippen LogP contribution in [0.25, 0.3) is 5.76 Å². The van der Waals surface area contributed by atoms with Crippen LogP contribution in [0.2, 0.25) is 0 Å². The van der Waals surface area contributed by atoms with E-state index in [9.17, 15) is 14.7 Å². The number of methoxy groups -OCH3 is 2. The van der Waals surface area contributed by atoms with Crippen LogP contribution in [0.4, 0.5) is 0 Å². The fourth-order valence-electron chi connectivity index (χ4n) is 4.33. The number of para-hydroxylation sites is 1. The molecule has 7 nitrogen and oxygen atoms in total. The van der Waals surface area contributed by atoms with Crippen molar-refractivity contribution in [3.05, 3.63) is 95.1 Å². The van der Waals surface area contributed by atoms with E-state index in [1.165, 1.54) is 12.0 Å². The number of hydrogen-bond acceptors (Lipinski definition) is 6. The Hall–Kier alpha value is -4.26. The summed E-state index contributed by atoms with van der Waals surface area (Å²) in [5.74, 6) is -0.0494. The molecule has 0 aromatic heterocycles. The summed E-state index contributed by atoms with van der Waals surface area (Å²) in [6.45, 7) is 4.01. The number of amides is 1. The van der Waals surface area contributed by atoms with Gasteiger partial charge in [0, 0.05) is 6.54 Å². The lowest BCUT2D eigenvalue weighted by molar-refractivity contribution is -0.140. The first-order valence-corrected chi connectivity index (χ1v) is 11.7. The minimum absolute atomic E-state index is 0.000270. The van der Waals surface area contributed by atoms with Gasteiger partial charge in [0.15, 0.2) is 0 Å². The van der Waals surface area contributed by atoms with E-state index in [2.05, 4.69) is 0 Å². The first-order valence-electron chi connectivity index (χ1n) is 11.7. The van der Waals surface area contributed by atoms with Gasteiger partial charge in [0.1, 0.15) is 23.0 Å². The summed E-state index contributed by atoms with van der Waals surface area (Å²) in [4.78, 5) is 28.2. The molecule has 0 aliphatic carbocycles. The van der Waals surface area contributed by atoms with Crippen molar-refractivity contribution in [2.75, 3.05) is 14.2 Å². The minimum atomic E-state index is -0.826. The quantitative estimate of drug-likeness (QED) is 0.270. The van der Waals surface area contributed by atoms with Crippen molar-refractivity contribution in [2.45, 2.75) is 32.5 Å². The molecule has 1 aliphatic rings. The minimum Gasteiger partial charge on any atom is -0.507 e. The van der Waals surface area contributed by atoms with Crippen LogP contribution in [-0.4, -0.2) is 42.0 Å². The molecular formula is C29H29NO6. The van der Waals surface area contributed by atoms with Gasteiger partial charge in [0.2, 0.25) is 0 Å². The number of aliphatic hydroxyl groups is 1. The van der Waals surface area contributed by atoms with Crippen LogP contribution in [0.5, 0.6) is 17.2 Å². The Bertz CT molecular complexity index is 1300. The smallest absolute Gasteiger partial charge is 0.295 e. The summed E-state index contributed by atoms with van der Waals surface area (Å²) in [6, 6.07) is 20.5. The highest BCUT2D eigenvalue weighted by atomic mass is 16.5. The Kier molecular flexibility index (Phi) is 7.29. The zero-order valence-electron chi connectivity index (χ0n) is 20.7. The van der Waals surface area contributed by atoms with E-state index in [1.54, 1.807) is 49.6 Å². The maximum absolute atomic E-state index is 13.4. The van der Waals surface area contributed by atoms with Gasteiger partial charge in [-0.3, -0.25) is 9.59 Å². The van der Waals surface area contributed by atoms with Gasteiger partial charge in [-0.25, -0.2) is 0 Å². The molecule has 0 radical (unpaired) electrons. The molecule has 186 valence electrons. The highest BCUT2D eigenvalue weighted by Crippen LogP contribution is 2.42. The monoisotopic (exact) mass is 487 g/mol. The number of likely N-dealkylation sites (tertiary alicyclic amines) is 1. The molecule has 3 aromatic rings. The van der Waals surface area contributed by atoms with E-state index in [4.69, 9.17) is 14.2 Å². The number of nitrogens with zero attached hydrogens (tertiary/aromatic N) is 1. The molecule has 0 spiro atoms. The fourth-order valence-corrected chi connectivity index (χ4v) is 4.33. The van der Waals surface area contributed by atoms with Gasteiger partial charge in [0.05, 0.1) is 37.5 Å². The van der Waals surface area contributed by atoms with Crippen molar-refractivity contribution >= 4 is 17.4 Å². The third-order valence-corrected chi connectivity index (χ3v) is 5.96. The fraction of sp³-hybridized carbons (Fsp3) is 0.241. The standard InChI is InChI=1S/C29H29NO6/c1-18(2)36-22-9-7-8-20(16-22)26-25(27(31)23-10-5-6-11-24(23)35-4)28(32)29(33)30(26)17-19-12-14-21(34-3)15-13-19/h5-16,18,26,31H,17H2,1-4H3/b27-25-. The van der Waals surface area contributed by atoms with E-state index in [0.29, 0.717) is 28.4 Å². The highest BCUT2D eigenvalue weighted by Gasteiger charge is 2.46. The SMILES string of the molecule is COc1ccc(CN2C(=O)C(=O)/C(=C(\O)c3ccccc3OC)C2c2cccc(OC(C)C)c2)cc1. The zero-order valence-corrected chi connectivity index (χ0v) is 20.7. The number of ether oxygens (including phenoxy) is 3. The summed E-state index contributed by atoms with van der Waals surface area (Å²) in [5, 5.41) is 11.4. The molecule has 1 saturated heterocycles. The first kappa shape index (κ1) is 24.9. The first-order chi connectivity index (χ1) is 17.3. The van der Waals surface area contributed by atoms with Crippen molar-refractivity contribution < 1.29 is 28.9 Å². The molecule has 1 aliphatic heterocycles. The van der Waals surface area contributed by atoms with Gasteiger partial charge in [-0.1, -0.05) is 36.4 Å². The largest absolute Gasteiger partial charge is 0.507 e. The Morgan fingerprint density at radius 2 is 1.64 bits per heavy atom.